The van der Waals surface area contributed by atoms with E-state index in [2.05, 4.69) is 0 Å². The highest BCUT2D eigenvalue weighted by Crippen LogP contribution is 2.25. The fourth-order valence-electron chi connectivity index (χ4n) is 2.18. The van der Waals surface area contributed by atoms with Gasteiger partial charge in [0.2, 0.25) is 0 Å². The zero-order valence-corrected chi connectivity index (χ0v) is 12.0. The largest absolute Gasteiger partial charge is 0.480 e. The fourth-order valence-corrected chi connectivity index (χ4v) is 2.83. The minimum Gasteiger partial charge on any atom is -0.480 e. The summed E-state index contributed by atoms with van der Waals surface area (Å²) in [5.41, 5.74) is 0.265. The first-order chi connectivity index (χ1) is 9.72. The Labute approximate surface area is 121 Å². The Bertz CT molecular complexity index is 689. The second-order valence-corrected chi connectivity index (χ2v) is 7.06. The van der Waals surface area contributed by atoms with Crippen molar-refractivity contribution in [3.63, 3.8) is 0 Å². The molecule has 21 heavy (non-hydrogen) atoms. The van der Waals surface area contributed by atoms with Crippen molar-refractivity contribution in [2.45, 2.75) is 12.5 Å². The van der Waals surface area contributed by atoms with Gasteiger partial charge >= 0.3 is 5.97 Å². The van der Waals surface area contributed by atoms with E-state index >= 15 is 0 Å². The van der Waals surface area contributed by atoms with Crippen molar-refractivity contribution in [3.8, 4) is 0 Å². The topological polar surface area (TPSA) is 109 Å². The quantitative estimate of drug-likeness (QED) is 0.776. The number of aliphatic carboxylic acids is 1. The maximum Gasteiger partial charge on any atom is 0.326 e. The minimum absolute atomic E-state index is 0.133. The monoisotopic (exact) mass is 311 g/mol. The van der Waals surface area contributed by atoms with E-state index in [4.69, 9.17) is 0 Å². The average Bonchev–Trinajstić information content (AvgIpc) is 2.63. The van der Waals surface area contributed by atoms with Gasteiger partial charge in [-0.15, -0.1) is 0 Å². The summed E-state index contributed by atoms with van der Waals surface area (Å²) in [6.07, 6.45) is 0.633. The average molecular weight is 311 g/mol. The maximum atomic E-state index is 12.2. The lowest BCUT2D eigenvalue weighted by atomic mass is 10.1. The molecule has 0 aromatic heterocycles. The Morgan fingerprint density at radius 3 is 2.05 bits per heavy atom. The Morgan fingerprint density at radius 1 is 1.19 bits per heavy atom. The summed E-state index contributed by atoms with van der Waals surface area (Å²) < 4.78 is 22.3. The molecule has 0 saturated heterocycles. The molecule has 2 amide bonds. The summed E-state index contributed by atoms with van der Waals surface area (Å²) >= 11 is 0. The van der Waals surface area contributed by atoms with Crippen LogP contribution in [0, 0.1) is 0 Å². The number of carboxylic acids is 1. The van der Waals surface area contributed by atoms with Crippen LogP contribution in [0.15, 0.2) is 24.3 Å². The molecule has 0 unspecified atom stereocenters. The molecule has 1 aliphatic heterocycles. The van der Waals surface area contributed by atoms with Gasteiger partial charge in [-0.25, -0.2) is 13.2 Å². The molecule has 8 heteroatoms. The number of carbonyl (C=O) groups is 3. The lowest BCUT2D eigenvalue weighted by Crippen LogP contribution is -2.45. The predicted molar refractivity (Wildman–Crippen MR) is 72.7 cm³/mol. The number of amides is 2. The van der Waals surface area contributed by atoms with Crippen LogP contribution in [0.4, 0.5) is 0 Å². The smallest absolute Gasteiger partial charge is 0.326 e. The molecule has 1 atom stereocenters. The molecule has 0 radical (unpaired) electrons. The molecule has 1 heterocycles. The van der Waals surface area contributed by atoms with Gasteiger partial charge in [0.05, 0.1) is 16.9 Å². The molecule has 0 fully saturated rings. The molecule has 1 aromatic rings. The second-order valence-electron chi connectivity index (χ2n) is 4.80. The summed E-state index contributed by atoms with van der Waals surface area (Å²) in [7, 11) is -3.40. The molecule has 0 spiro atoms. The van der Waals surface area contributed by atoms with Gasteiger partial charge < -0.3 is 5.11 Å². The van der Waals surface area contributed by atoms with Crippen molar-refractivity contribution >= 4 is 27.6 Å². The number of nitrogens with zero attached hydrogens (tertiary/aromatic N) is 1. The van der Waals surface area contributed by atoms with E-state index in [1.165, 1.54) is 12.1 Å². The molecule has 1 N–H and O–H groups in total. The van der Waals surface area contributed by atoms with Crippen LogP contribution < -0.4 is 0 Å². The number of carboxylic acid groups (broad SMARTS) is 1. The van der Waals surface area contributed by atoms with Crippen LogP contribution in [0.1, 0.15) is 27.1 Å². The van der Waals surface area contributed by atoms with Gasteiger partial charge in [0, 0.05) is 6.26 Å². The normalized spacial score (nSPS) is 16.0. The van der Waals surface area contributed by atoms with Gasteiger partial charge in [-0.3, -0.25) is 14.5 Å². The molecule has 0 saturated carbocycles. The molecule has 1 aliphatic rings. The Balaban J connectivity index is 2.33. The van der Waals surface area contributed by atoms with Crippen molar-refractivity contribution in [1.82, 2.24) is 4.90 Å². The van der Waals surface area contributed by atoms with E-state index in [9.17, 15) is 27.9 Å². The van der Waals surface area contributed by atoms with Crippen LogP contribution in [-0.4, -0.2) is 54.3 Å². The molecule has 2 rings (SSSR count). The third-order valence-corrected chi connectivity index (χ3v) is 4.16. The number of hydrogen-bond acceptors (Lipinski definition) is 5. The second kappa shape index (κ2) is 5.28. The van der Waals surface area contributed by atoms with E-state index in [0.29, 0.717) is 4.90 Å². The number of benzene rings is 1. The van der Waals surface area contributed by atoms with E-state index in [0.717, 1.165) is 6.26 Å². The molecule has 112 valence electrons. The van der Waals surface area contributed by atoms with Gasteiger partial charge in [-0.1, -0.05) is 12.1 Å². The van der Waals surface area contributed by atoms with E-state index in [1.54, 1.807) is 12.1 Å². The van der Waals surface area contributed by atoms with Gasteiger partial charge in [-0.05, 0) is 18.6 Å². The van der Waals surface area contributed by atoms with Crippen LogP contribution in [0.25, 0.3) is 0 Å². The highest BCUT2D eigenvalue weighted by Gasteiger charge is 2.42. The first-order valence-corrected chi connectivity index (χ1v) is 8.16. The third-order valence-electron chi connectivity index (χ3n) is 3.18. The van der Waals surface area contributed by atoms with Crippen molar-refractivity contribution in [2.75, 3.05) is 12.0 Å². The predicted octanol–water partition coefficient (Wildman–Crippen LogP) is 0.170. The van der Waals surface area contributed by atoms with Crippen LogP contribution in [0.2, 0.25) is 0 Å². The SMILES string of the molecule is CS(=O)(=O)CC[C@H](C(=O)O)N1C(=O)c2ccccc2C1=O. The maximum absolute atomic E-state index is 12.2. The van der Waals surface area contributed by atoms with Crippen LogP contribution in [-0.2, 0) is 14.6 Å². The van der Waals surface area contributed by atoms with Crippen molar-refractivity contribution in [1.29, 1.82) is 0 Å². The van der Waals surface area contributed by atoms with E-state index in [-0.39, 0.29) is 17.5 Å². The van der Waals surface area contributed by atoms with Crippen molar-refractivity contribution < 1.29 is 27.9 Å². The number of imide groups is 1. The first-order valence-electron chi connectivity index (χ1n) is 6.10. The van der Waals surface area contributed by atoms with E-state index in [1.807, 2.05) is 0 Å². The molecule has 0 bridgehead atoms. The summed E-state index contributed by atoms with van der Waals surface area (Å²) in [5.74, 6) is -3.25. The van der Waals surface area contributed by atoms with Gasteiger partial charge in [0.15, 0.2) is 0 Å². The zero-order chi connectivity index (χ0) is 15.8. The molecular weight excluding hydrogens is 298 g/mol. The summed E-state index contributed by atoms with van der Waals surface area (Å²) in [6.45, 7) is 0. The summed E-state index contributed by atoms with van der Waals surface area (Å²) in [6, 6.07) is 4.52. The highest BCUT2D eigenvalue weighted by atomic mass is 32.2. The third kappa shape index (κ3) is 2.94. The van der Waals surface area contributed by atoms with Crippen LogP contribution in [0.3, 0.4) is 0 Å². The van der Waals surface area contributed by atoms with Crippen LogP contribution in [0.5, 0.6) is 0 Å². The molecule has 7 nitrogen and oxygen atoms in total. The fraction of sp³-hybridized carbons (Fsp3) is 0.308. The van der Waals surface area contributed by atoms with Gasteiger partial charge in [0.25, 0.3) is 11.8 Å². The summed E-state index contributed by atoms with van der Waals surface area (Å²) in [5, 5.41) is 9.20. The number of sulfone groups is 1. The number of carbonyl (C=O) groups excluding carboxylic acids is 2. The molecule has 0 aliphatic carbocycles. The first kappa shape index (κ1) is 15.2. The van der Waals surface area contributed by atoms with Crippen LogP contribution >= 0.6 is 0 Å². The van der Waals surface area contributed by atoms with E-state index < -0.39 is 39.4 Å². The number of rotatable bonds is 5. The van der Waals surface area contributed by atoms with Crippen molar-refractivity contribution in [2.24, 2.45) is 0 Å². The Hall–Kier alpha value is -2.22. The standard InChI is InChI=1S/C13H13NO6S/c1-21(19,20)7-6-10(13(17)18)14-11(15)8-4-2-3-5-9(8)12(14)16/h2-5,10H,6-7H2,1H3,(H,17,18)/t10-/m1/s1. The highest BCUT2D eigenvalue weighted by molar-refractivity contribution is 7.90. The van der Waals surface area contributed by atoms with Gasteiger partial charge in [-0.2, -0.15) is 0 Å². The van der Waals surface area contributed by atoms with Crippen molar-refractivity contribution in [3.05, 3.63) is 35.4 Å². The molecular formula is C13H13NO6S. The molecule has 1 aromatic carbocycles. The number of hydrogen-bond donors (Lipinski definition) is 1. The lowest BCUT2D eigenvalue weighted by Gasteiger charge is -2.22. The Kier molecular flexibility index (Phi) is 3.82. The lowest BCUT2D eigenvalue weighted by molar-refractivity contribution is -0.141. The van der Waals surface area contributed by atoms with Gasteiger partial charge in [0.1, 0.15) is 15.9 Å². The Morgan fingerprint density at radius 2 is 1.67 bits per heavy atom. The number of fused-ring (bicyclic) bond motifs is 1. The minimum atomic E-state index is -3.40. The summed E-state index contributed by atoms with van der Waals surface area (Å²) in [4.78, 5) is 36.3. The zero-order valence-electron chi connectivity index (χ0n) is 11.1.